The number of benzene rings is 2. The molecule has 0 radical (unpaired) electrons. The lowest BCUT2D eigenvalue weighted by atomic mass is 10.0. The summed E-state index contributed by atoms with van der Waals surface area (Å²) in [5.74, 6) is 0.292. The first-order valence-corrected chi connectivity index (χ1v) is 6.75. The van der Waals surface area contributed by atoms with E-state index in [2.05, 4.69) is 25.2 Å². The molecule has 2 aromatic carbocycles. The van der Waals surface area contributed by atoms with Crippen LogP contribution in [0.4, 0.5) is 11.4 Å². The fourth-order valence-corrected chi connectivity index (χ4v) is 2.01. The number of nitrogens with two attached hydrogens (primary N) is 1. The molecule has 0 fully saturated rings. The van der Waals surface area contributed by atoms with Gasteiger partial charge < -0.3 is 11.1 Å². The minimum Gasteiger partial charge on any atom is -0.399 e. The van der Waals surface area contributed by atoms with Crippen LogP contribution in [0.2, 0.25) is 0 Å². The van der Waals surface area contributed by atoms with E-state index in [9.17, 15) is 4.79 Å². The van der Waals surface area contributed by atoms with Gasteiger partial charge in [0.05, 0.1) is 0 Å². The molecule has 104 valence electrons. The zero-order valence-electron chi connectivity index (χ0n) is 12.1. The maximum atomic E-state index is 12.2. The van der Waals surface area contributed by atoms with Gasteiger partial charge in [0.2, 0.25) is 0 Å². The predicted molar refractivity (Wildman–Crippen MR) is 84.1 cm³/mol. The Labute approximate surface area is 119 Å². The minimum absolute atomic E-state index is 0.138. The predicted octanol–water partition coefficient (Wildman–Crippen LogP) is 3.95. The highest BCUT2D eigenvalue weighted by Crippen LogP contribution is 2.23. The SMILES string of the molecule is Cc1ccc(C(C)C)cc1NC(=O)c1cccc(N)c1. The van der Waals surface area contributed by atoms with Gasteiger partial charge in [-0.2, -0.15) is 0 Å². The van der Waals surface area contributed by atoms with Crippen molar-refractivity contribution in [2.24, 2.45) is 0 Å². The van der Waals surface area contributed by atoms with Crippen LogP contribution < -0.4 is 11.1 Å². The second-order valence-electron chi connectivity index (χ2n) is 5.31. The zero-order valence-corrected chi connectivity index (χ0v) is 12.1. The van der Waals surface area contributed by atoms with Crippen molar-refractivity contribution < 1.29 is 4.79 Å². The van der Waals surface area contributed by atoms with Crippen LogP contribution in [0.3, 0.4) is 0 Å². The van der Waals surface area contributed by atoms with E-state index in [-0.39, 0.29) is 5.91 Å². The van der Waals surface area contributed by atoms with Crippen LogP contribution in [-0.4, -0.2) is 5.91 Å². The first kappa shape index (κ1) is 14.1. The number of amides is 1. The van der Waals surface area contributed by atoms with E-state index in [0.717, 1.165) is 11.3 Å². The standard InChI is InChI=1S/C17H20N2O/c1-11(2)13-8-7-12(3)16(10-13)19-17(20)14-5-4-6-15(18)9-14/h4-11H,18H2,1-3H3,(H,19,20). The minimum atomic E-state index is -0.138. The Morgan fingerprint density at radius 1 is 1.15 bits per heavy atom. The summed E-state index contributed by atoms with van der Waals surface area (Å²) in [6.07, 6.45) is 0. The summed E-state index contributed by atoms with van der Waals surface area (Å²) in [5.41, 5.74) is 9.97. The van der Waals surface area contributed by atoms with Crippen molar-refractivity contribution in [2.75, 3.05) is 11.1 Å². The van der Waals surface area contributed by atoms with Crippen LogP contribution in [0.1, 0.15) is 41.3 Å². The van der Waals surface area contributed by atoms with Crippen LogP contribution in [0.15, 0.2) is 42.5 Å². The van der Waals surface area contributed by atoms with Crippen molar-refractivity contribution >= 4 is 17.3 Å². The molecule has 0 aliphatic rings. The maximum Gasteiger partial charge on any atom is 0.255 e. The molecule has 3 N–H and O–H groups in total. The Bertz CT molecular complexity index is 633. The fourth-order valence-electron chi connectivity index (χ4n) is 2.01. The highest BCUT2D eigenvalue weighted by molar-refractivity contribution is 6.05. The van der Waals surface area contributed by atoms with E-state index in [1.165, 1.54) is 5.56 Å². The Kier molecular flexibility index (Phi) is 4.08. The number of rotatable bonds is 3. The molecule has 0 saturated carbocycles. The molecule has 2 aromatic rings. The summed E-state index contributed by atoms with van der Waals surface area (Å²) >= 11 is 0. The van der Waals surface area contributed by atoms with Gasteiger partial charge in [-0.15, -0.1) is 0 Å². The van der Waals surface area contributed by atoms with Gasteiger partial charge >= 0.3 is 0 Å². The molecule has 0 atom stereocenters. The van der Waals surface area contributed by atoms with Gasteiger partial charge in [0.15, 0.2) is 0 Å². The van der Waals surface area contributed by atoms with Gasteiger partial charge in [-0.05, 0) is 48.2 Å². The number of nitrogens with one attached hydrogen (secondary N) is 1. The molecular weight excluding hydrogens is 248 g/mol. The molecule has 2 rings (SSSR count). The number of carbonyl (C=O) groups excluding carboxylic acids is 1. The lowest BCUT2D eigenvalue weighted by molar-refractivity contribution is 0.102. The Balaban J connectivity index is 2.25. The van der Waals surface area contributed by atoms with Crippen molar-refractivity contribution in [2.45, 2.75) is 26.7 Å². The smallest absolute Gasteiger partial charge is 0.255 e. The molecular formula is C17H20N2O. The lowest BCUT2D eigenvalue weighted by Gasteiger charge is -2.12. The van der Waals surface area contributed by atoms with Crippen LogP contribution in [0.25, 0.3) is 0 Å². The van der Waals surface area contributed by atoms with Crippen molar-refractivity contribution in [1.29, 1.82) is 0 Å². The number of anilines is 2. The Morgan fingerprint density at radius 3 is 2.55 bits per heavy atom. The van der Waals surface area contributed by atoms with Gasteiger partial charge in [-0.25, -0.2) is 0 Å². The van der Waals surface area contributed by atoms with Crippen molar-refractivity contribution in [3.05, 3.63) is 59.2 Å². The van der Waals surface area contributed by atoms with Crippen LogP contribution in [-0.2, 0) is 0 Å². The molecule has 0 spiro atoms. The Morgan fingerprint density at radius 2 is 1.90 bits per heavy atom. The molecule has 3 heteroatoms. The summed E-state index contributed by atoms with van der Waals surface area (Å²) in [5, 5.41) is 2.95. The number of hydrogen-bond donors (Lipinski definition) is 2. The zero-order chi connectivity index (χ0) is 14.7. The molecule has 0 saturated heterocycles. The number of hydrogen-bond acceptors (Lipinski definition) is 2. The fraction of sp³-hybridized carbons (Fsp3) is 0.235. The summed E-state index contributed by atoms with van der Waals surface area (Å²) in [6.45, 7) is 6.25. The van der Waals surface area contributed by atoms with E-state index >= 15 is 0 Å². The van der Waals surface area contributed by atoms with E-state index < -0.39 is 0 Å². The molecule has 0 unspecified atom stereocenters. The summed E-state index contributed by atoms with van der Waals surface area (Å²) in [6, 6.07) is 13.1. The summed E-state index contributed by atoms with van der Waals surface area (Å²) in [4.78, 5) is 12.2. The monoisotopic (exact) mass is 268 g/mol. The summed E-state index contributed by atoms with van der Waals surface area (Å²) < 4.78 is 0. The average Bonchev–Trinajstić information content (AvgIpc) is 2.41. The third kappa shape index (κ3) is 3.18. The highest BCUT2D eigenvalue weighted by atomic mass is 16.1. The van der Waals surface area contributed by atoms with E-state index in [0.29, 0.717) is 17.2 Å². The van der Waals surface area contributed by atoms with E-state index in [1.807, 2.05) is 19.1 Å². The first-order chi connectivity index (χ1) is 9.47. The van der Waals surface area contributed by atoms with Gasteiger partial charge in [0.1, 0.15) is 0 Å². The van der Waals surface area contributed by atoms with Crippen molar-refractivity contribution in [3.63, 3.8) is 0 Å². The largest absolute Gasteiger partial charge is 0.399 e. The molecule has 0 aliphatic carbocycles. The molecule has 1 amide bonds. The molecule has 3 nitrogen and oxygen atoms in total. The average molecular weight is 268 g/mol. The van der Waals surface area contributed by atoms with Crippen molar-refractivity contribution in [3.8, 4) is 0 Å². The number of aryl methyl sites for hydroxylation is 1. The number of nitrogen functional groups attached to an aromatic ring is 1. The lowest BCUT2D eigenvalue weighted by Crippen LogP contribution is -2.13. The molecule has 0 heterocycles. The number of carbonyl (C=O) groups is 1. The second-order valence-corrected chi connectivity index (χ2v) is 5.31. The summed E-state index contributed by atoms with van der Waals surface area (Å²) in [7, 11) is 0. The van der Waals surface area contributed by atoms with Gasteiger partial charge in [0.25, 0.3) is 5.91 Å². The van der Waals surface area contributed by atoms with E-state index in [4.69, 9.17) is 5.73 Å². The molecule has 0 bridgehead atoms. The third-order valence-electron chi connectivity index (χ3n) is 3.33. The highest BCUT2D eigenvalue weighted by Gasteiger charge is 2.09. The van der Waals surface area contributed by atoms with Gasteiger partial charge in [-0.3, -0.25) is 4.79 Å². The first-order valence-electron chi connectivity index (χ1n) is 6.75. The molecule has 0 aromatic heterocycles. The van der Waals surface area contributed by atoms with Crippen molar-refractivity contribution in [1.82, 2.24) is 0 Å². The molecule has 20 heavy (non-hydrogen) atoms. The van der Waals surface area contributed by atoms with Crippen LogP contribution in [0.5, 0.6) is 0 Å². The quantitative estimate of drug-likeness (QED) is 0.828. The second kappa shape index (κ2) is 5.78. The topological polar surface area (TPSA) is 55.1 Å². The van der Waals surface area contributed by atoms with Crippen LogP contribution >= 0.6 is 0 Å². The molecule has 0 aliphatic heterocycles. The van der Waals surface area contributed by atoms with Gasteiger partial charge in [0, 0.05) is 16.9 Å². The normalized spacial score (nSPS) is 10.6. The third-order valence-corrected chi connectivity index (χ3v) is 3.33. The maximum absolute atomic E-state index is 12.2. The van der Waals surface area contributed by atoms with E-state index in [1.54, 1.807) is 24.3 Å². The van der Waals surface area contributed by atoms with Crippen LogP contribution in [0, 0.1) is 6.92 Å². The Hall–Kier alpha value is -2.29. The van der Waals surface area contributed by atoms with Gasteiger partial charge in [-0.1, -0.05) is 32.0 Å².